The second-order valence-electron chi connectivity index (χ2n) is 10.6. The van der Waals surface area contributed by atoms with E-state index in [4.69, 9.17) is 4.84 Å². The van der Waals surface area contributed by atoms with Gasteiger partial charge in [-0.1, -0.05) is 49.5 Å². The number of nitrogens with zero attached hydrogens (tertiary/aromatic N) is 2. The fraction of sp³-hybridized carbons (Fsp3) is 0.407. The van der Waals surface area contributed by atoms with Crippen molar-refractivity contribution in [3.05, 3.63) is 53.6 Å². The van der Waals surface area contributed by atoms with Crippen LogP contribution in [0.3, 0.4) is 0 Å². The molecule has 2 aromatic carbocycles. The molecule has 13 nitrogen and oxygen atoms in total. The Morgan fingerprint density at radius 2 is 1.90 bits per heavy atom. The van der Waals surface area contributed by atoms with Crippen molar-refractivity contribution in [3.63, 3.8) is 0 Å². The Morgan fingerprint density at radius 1 is 1.21 bits per heavy atom. The molecule has 226 valence electrons. The average Bonchev–Trinajstić information content (AvgIpc) is 2.91. The summed E-state index contributed by atoms with van der Waals surface area (Å²) >= 11 is 0. The first-order valence-electron chi connectivity index (χ1n) is 13.2. The highest BCUT2D eigenvalue weighted by Gasteiger charge is 2.54. The Hall–Kier alpha value is -3.66. The van der Waals surface area contributed by atoms with Gasteiger partial charge in [-0.25, -0.2) is 13.2 Å². The van der Waals surface area contributed by atoms with Crippen LogP contribution in [-0.4, -0.2) is 51.7 Å². The van der Waals surface area contributed by atoms with Crippen LogP contribution in [0, 0.1) is 11.8 Å². The second-order valence-corrected chi connectivity index (χ2v) is 14.0. The summed E-state index contributed by atoms with van der Waals surface area (Å²) in [7, 11) is -8.77. The Kier molecular flexibility index (Phi) is 8.60. The van der Waals surface area contributed by atoms with Gasteiger partial charge in [0.1, 0.15) is 22.2 Å². The molecule has 2 atom stereocenters. The van der Waals surface area contributed by atoms with Crippen molar-refractivity contribution < 1.29 is 41.3 Å². The third kappa shape index (κ3) is 5.69. The number of fused-ring (bicyclic) bond motifs is 2. The quantitative estimate of drug-likeness (QED) is 0.262. The second kappa shape index (κ2) is 11.6. The van der Waals surface area contributed by atoms with Gasteiger partial charge in [-0.3, -0.25) is 9.59 Å². The molecule has 3 N–H and O–H groups in total. The van der Waals surface area contributed by atoms with E-state index in [2.05, 4.69) is 15.2 Å². The van der Waals surface area contributed by atoms with E-state index in [1.807, 2.05) is 13.8 Å². The van der Waals surface area contributed by atoms with Crippen molar-refractivity contribution >= 4 is 54.8 Å². The highest BCUT2D eigenvalue weighted by molar-refractivity contribution is 7.92. The van der Waals surface area contributed by atoms with E-state index in [-0.39, 0.29) is 41.3 Å². The highest BCUT2D eigenvalue weighted by Crippen LogP contribution is 2.41. The van der Waals surface area contributed by atoms with Crippen molar-refractivity contribution in [2.24, 2.45) is 16.2 Å². The van der Waals surface area contributed by atoms with Crippen LogP contribution in [-0.2, 0) is 40.0 Å². The molecule has 0 spiro atoms. The molecule has 1 aliphatic carbocycles. The van der Waals surface area contributed by atoms with Gasteiger partial charge in [-0.2, -0.15) is 13.9 Å². The smallest absolute Gasteiger partial charge is 0.333 e. The number of rotatable bonds is 10. The molecule has 4 rings (SSSR count). The van der Waals surface area contributed by atoms with E-state index in [0.29, 0.717) is 17.3 Å². The molecular formula is C27H32N4O9S2. The number of hydrogen-bond donors (Lipinski definition) is 3. The standard InChI is InChI=1S/C27H32N4O9S2/c1-5-8-22(32)40-31(41(4,36)37)17-11-12-20-21(15-17)42(38,39)29-26(28-20)23-24(33)18-9-6-7-10-19(18)27(30-35,25(23)34)14-13-16(2)3/h6-7,9-12,15-16,23,30,35H,5,8,13-14H2,1-4H3,(H,28,29). The van der Waals surface area contributed by atoms with E-state index < -0.39 is 59.8 Å². The lowest BCUT2D eigenvalue weighted by atomic mass is 9.67. The zero-order valence-electron chi connectivity index (χ0n) is 23.4. The predicted molar refractivity (Wildman–Crippen MR) is 153 cm³/mol. The molecule has 2 unspecified atom stereocenters. The van der Waals surface area contributed by atoms with Gasteiger partial charge < -0.3 is 15.4 Å². The van der Waals surface area contributed by atoms with Gasteiger partial charge in [-0.15, -0.1) is 4.40 Å². The Labute approximate surface area is 244 Å². The van der Waals surface area contributed by atoms with Crippen molar-refractivity contribution in [2.75, 3.05) is 16.0 Å². The molecule has 42 heavy (non-hydrogen) atoms. The van der Waals surface area contributed by atoms with Crippen LogP contribution in [0.4, 0.5) is 11.4 Å². The Morgan fingerprint density at radius 3 is 2.52 bits per heavy atom. The van der Waals surface area contributed by atoms with Gasteiger partial charge in [0.15, 0.2) is 11.6 Å². The number of benzene rings is 2. The molecule has 0 aromatic heterocycles. The number of anilines is 2. The summed E-state index contributed by atoms with van der Waals surface area (Å²) in [5.41, 5.74) is 0.483. The molecule has 0 amide bonds. The topological polar surface area (TPSA) is 189 Å². The number of hydrogen-bond acceptors (Lipinski definition) is 11. The maximum atomic E-state index is 14.0. The molecule has 2 aliphatic rings. The first-order valence-corrected chi connectivity index (χ1v) is 16.5. The summed E-state index contributed by atoms with van der Waals surface area (Å²) in [6.45, 7) is 5.57. The molecule has 0 saturated heterocycles. The lowest BCUT2D eigenvalue weighted by molar-refractivity contribution is -0.143. The van der Waals surface area contributed by atoms with Gasteiger partial charge in [0.25, 0.3) is 20.0 Å². The molecule has 15 heteroatoms. The summed E-state index contributed by atoms with van der Waals surface area (Å²) in [5, 5.41) is 13.1. The minimum atomic E-state index is -4.60. The third-order valence-corrected chi connectivity index (χ3v) is 9.25. The number of nitrogens with one attached hydrogen (secondary N) is 2. The molecule has 0 fully saturated rings. The van der Waals surface area contributed by atoms with E-state index in [0.717, 1.165) is 12.3 Å². The number of hydroxylamine groups is 1. The summed E-state index contributed by atoms with van der Waals surface area (Å²) in [6.07, 6.45) is 1.73. The van der Waals surface area contributed by atoms with Crippen LogP contribution in [0.25, 0.3) is 0 Å². The van der Waals surface area contributed by atoms with Gasteiger partial charge in [0.2, 0.25) is 0 Å². The predicted octanol–water partition coefficient (Wildman–Crippen LogP) is 2.92. The Balaban J connectivity index is 1.79. The molecule has 1 heterocycles. The van der Waals surface area contributed by atoms with Crippen LogP contribution >= 0.6 is 0 Å². The molecule has 0 bridgehead atoms. The molecule has 0 saturated carbocycles. The van der Waals surface area contributed by atoms with E-state index in [1.54, 1.807) is 25.1 Å². The van der Waals surface area contributed by atoms with E-state index in [9.17, 15) is 36.4 Å². The SMILES string of the molecule is CCCC(=O)ON(c1ccc2c(c1)S(=O)(=O)N=C(C1C(=O)c3ccccc3C(CCC(C)C)(NO)C1=O)N2)S(C)(=O)=O. The number of sulfonamides is 2. The zero-order chi connectivity index (χ0) is 31.0. The molecule has 1 aliphatic heterocycles. The highest BCUT2D eigenvalue weighted by atomic mass is 32.2. The lowest BCUT2D eigenvalue weighted by Gasteiger charge is -2.40. The first kappa shape index (κ1) is 31.3. The van der Waals surface area contributed by atoms with Gasteiger partial charge in [0.05, 0.1) is 17.6 Å². The van der Waals surface area contributed by atoms with Crippen LogP contribution in [0.2, 0.25) is 0 Å². The number of carbonyl (C=O) groups excluding carboxylic acids is 3. The monoisotopic (exact) mass is 620 g/mol. The Bertz CT molecular complexity index is 1690. The third-order valence-electron chi connectivity index (χ3n) is 7.03. The van der Waals surface area contributed by atoms with Gasteiger partial charge in [-0.05, 0) is 48.9 Å². The fourth-order valence-corrected chi connectivity index (χ4v) is 6.86. The lowest BCUT2D eigenvalue weighted by Crippen LogP contribution is -2.58. The van der Waals surface area contributed by atoms with Crippen LogP contribution in [0.1, 0.15) is 62.4 Å². The summed E-state index contributed by atoms with van der Waals surface area (Å²) in [6, 6.07) is 9.66. The number of Topliss-reactive ketones (excluding diaryl/α,β-unsaturated/α-hetero) is 2. The van der Waals surface area contributed by atoms with Crippen molar-refractivity contribution in [1.29, 1.82) is 0 Å². The summed E-state index contributed by atoms with van der Waals surface area (Å²) < 4.78 is 55.6. The molecule has 0 radical (unpaired) electrons. The first-order chi connectivity index (χ1) is 19.7. The average molecular weight is 621 g/mol. The zero-order valence-corrected chi connectivity index (χ0v) is 25.1. The minimum Gasteiger partial charge on any atom is -0.341 e. The van der Waals surface area contributed by atoms with E-state index in [1.165, 1.54) is 18.2 Å². The van der Waals surface area contributed by atoms with Crippen molar-refractivity contribution in [3.8, 4) is 0 Å². The maximum Gasteiger partial charge on any atom is 0.333 e. The molecule has 2 aromatic rings. The fourth-order valence-electron chi connectivity index (χ4n) is 4.97. The molecular weight excluding hydrogens is 588 g/mol. The summed E-state index contributed by atoms with van der Waals surface area (Å²) in [4.78, 5) is 44.2. The van der Waals surface area contributed by atoms with Crippen LogP contribution < -0.4 is 15.3 Å². The maximum absolute atomic E-state index is 14.0. The summed E-state index contributed by atoms with van der Waals surface area (Å²) in [5.74, 6) is -4.32. The van der Waals surface area contributed by atoms with Crippen molar-refractivity contribution in [2.45, 2.75) is 56.9 Å². The van der Waals surface area contributed by atoms with Crippen LogP contribution in [0.5, 0.6) is 0 Å². The number of amidine groups is 1. The number of ketones is 2. The largest absolute Gasteiger partial charge is 0.341 e. The minimum absolute atomic E-state index is 0.0710. The van der Waals surface area contributed by atoms with Gasteiger partial charge in [0, 0.05) is 12.0 Å². The normalized spacial score (nSPS) is 21.2. The van der Waals surface area contributed by atoms with Crippen molar-refractivity contribution in [1.82, 2.24) is 5.48 Å². The van der Waals surface area contributed by atoms with Crippen LogP contribution in [0.15, 0.2) is 51.8 Å². The van der Waals surface area contributed by atoms with Gasteiger partial charge >= 0.3 is 5.97 Å². The van der Waals surface area contributed by atoms with E-state index >= 15 is 0 Å². The number of carbonyl (C=O) groups is 3.